The summed E-state index contributed by atoms with van der Waals surface area (Å²) in [4.78, 5) is 26.2. The average molecular weight is 615 g/mol. The highest BCUT2D eigenvalue weighted by atomic mass is 16.5. The molecule has 0 unspecified atom stereocenters. The maximum atomic E-state index is 12.5. The van der Waals surface area contributed by atoms with Crippen LogP contribution in [0, 0.1) is 0 Å². The van der Waals surface area contributed by atoms with Crippen molar-refractivity contribution < 1.29 is 19.0 Å². The number of nitrogens with one attached hydrogen (secondary N) is 4. The molecule has 0 spiro atoms. The summed E-state index contributed by atoms with van der Waals surface area (Å²) in [5.74, 6) is 1.96. The molecule has 0 bridgehead atoms. The summed E-state index contributed by atoms with van der Waals surface area (Å²) in [6, 6.07) is 25.4. The number of aromatic nitrogens is 3. The van der Waals surface area contributed by atoms with E-state index < -0.39 is 0 Å². The predicted molar refractivity (Wildman–Crippen MR) is 176 cm³/mol. The number of methoxy groups -OCH3 is 1. The summed E-state index contributed by atoms with van der Waals surface area (Å²) in [6.07, 6.45) is 0.832. The average Bonchev–Trinajstić information content (AvgIpc) is 3.08. The molecule has 0 saturated heterocycles. The number of amides is 1. The molecule has 6 N–H and O–H groups in total. The lowest BCUT2D eigenvalue weighted by atomic mass is 10.1. The zero-order chi connectivity index (χ0) is 31.5. The van der Waals surface area contributed by atoms with Crippen molar-refractivity contribution in [3.05, 3.63) is 101 Å². The Morgan fingerprint density at radius 2 is 1.33 bits per heavy atom. The molecule has 0 saturated carbocycles. The van der Waals surface area contributed by atoms with E-state index in [2.05, 4.69) is 48.4 Å². The minimum Gasteiger partial charge on any atom is -0.497 e. The van der Waals surface area contributed by atoms with Crippen molar-refractivity contribution in [2.75, 3.05) is 69.1 Å². The third kappa shape index (κ3) is 12.0. The Morgan fingerprint density at radius 1 is 0.689 bits per heavy atom. The zero-order valence-corrected chi connectivity index (χ0v) is 25.6. The second-order valence-electron chi connectivity index (χ2n) is 9.99. The van der Waals surface area contributed by atoms with Gasteiger partial charge in [0, 0.05) is 38.3 Å². The standard InChI is InChI=1S/C33H42N8O4/c1-43-29-9-5-8-27(22-29)24-38-33-40-31(36-16-14-25-6-3-2-4-7-25)39-32(41-33)37-23-26-10-12-28(13-11-26)30(42)35-17-19-45-21-20-44-18-15-34/h2-13,22H,14-21,23-24,34H2,1H3,(H,35,42)(H3,36,37,38,39,40,41). The minimum absolute atomic E-state index is 0.159. The molecular formula is C33H42N8O4. The van der Waals surface area contributed by atoms with E-state index in [1.54, 1.807) is 19.2 Å². The van der Waals surface area contributed by atoms with Gasteiger partial charge in [-0.1, -0.05) is 54.6 Å². The molecule has 1 aromatic heterocycles. The van der Waals surface area contributed by atoms with Crippen LogP contribution in [-0.4, -0.2) is 74.0 Å². The van der Waals surface area contributed by atoms with E-state index in [-0.39, 0.29) is 5.91 Å². The maximum Gasteiger partial charge on any atom is 0.251 e. The first-order chi connectivity index (χ1) is 22.1. The first-order valence-corrected chi connectivity index (χ1v) is 15.0. The fourth-order valence-corrected chi connectivity index (χ4v) is 4.24. The lowest BCUT2D eigenvalue weighted by molar-refractivity contribution is 0.0511. The van der Waals surface area contributed by atoms with E-state index >= 15 is 0 Å². The second-order valence-corrected chi connectivity index (χ2v) is 9.99. The van der Waals surface area contributed by atoms with Crippen molar-refractivity contribution in [2.45, 2.75) is 19.5 Å². The number of nitrogens with two attached hydrogens (primary N) is 1. The van der Waals surface area contributed by atoms with Crippen molar-refractivity contribution in [1.29, 1.82) is 0 Å². The highest BCUT2D eigenvalue weighted by Crippen LogP contribution is 2.16. The quantitative estimate of drug-likeness (QED) is 0.0929. The van der Waals surface area contributed by atoms with Crippen LogP contribution in [-0.2, 0) is 29.0 Å². The van der Waals surface area contributed by atoms with Crippen LogP contribution in [0.2, 0.25) is 0 Å². The SMILES string of the molecule is COc1cccc(CNc2nc(NCCc3ccccc3)nc(NCc3ccc(C(=O)NCCOCCOCCN)cc3)n2)c1. The van der Waals surface area contributed by atoms with Crippen molar-refractivity contribution in [2.24, 2.45) is 5.73 Å². The molecule has 0 aliphatic heterocycles. The number of nitrogens with zero attached hydrogens (tertiary/aromatic N) is 3. The highest BCUT2D eigenvalue weighted by Gasteiger charge is 2.09. The second kappa shape index (κ2) is 18.8. The monoisotopic (exact) mass is 614 g/mol. The van der Waals surface area contributed by atoms with Crippen LogP contribution in [0.1, 0.15) is 27.0 Å². The van der Waals surface area contributed by atoms with E-state index in [1.165, 1.54) is 5.56 Å². The lowest BCUT2D eigenvalue weighted by Crippen LogP contribution is -2.27. The Labute approximate surface area is 264 Å². The summed E-state index contributed by atoms with van der Waals surface area (Å²) < 4.78 is 16.0. The Morgan fingerprint density at radius 3 is 2.02 bits per heavy atom. The fraction of sp³-hybridized carbons (Fsp3) is 0.333. The third-order valence-corrected chi connectivity index (χ3v) is 6.59. The number of hydrogen-bond acceptors (Lipinski definition) is 11. The van der Waals surface area contributed by atoms with Gasteiger partial charge in [0.1, 0.15) is 5.75 Å². The smallest absolute Gasteiger partial charge is 0.251 e. The van der Waals surface area contributed by atoms with Crippen LogP contribution in [0.4, 0.5) is 17.8 Å². The van der Waals surface area contributed by atoms with Crippen LogP contribution in [0.15, 0.2) is 78.9 Å². The molecule has 4 rings (SSSR count). The molecule has 0 fully saturated rings. The summed E-state index contributed by atoms with van der Waals surface area (Å²) in [5.41, 5.74) is 9.17. The van der Waals surface area contributed by atoms with Crippen molar-refractivity contribution >= 4 is 23.8 Å². The van der Waals surface area contributed by atoms with Gasteiger partial charge in [-0.15, -0.1) is 0 Å². The topological polar surface area (TPSA) is 158 Å². The number of anilines is 3. The van der Waals surface area contributed by atoms with E-state index in [1.807, 2.05) is 54.6 Å². The van der Waals surface area contributed by atoms with Gasteiger partial charge in [0.2, 0.25) is 17.8 Å². The molecule has 0 atom stereocenters. The molecule has 4 aromatic rings. The molecule has 0 aliphatic carbocycles. The Hall–Kier alpha value is -4.78. The number of hydrogen-bond donors (Lipinski definition) is 5. The van der Waals surface area contributed by atoms with Gasteiger partial charge in [-0.3, -0.25) is 4.79 Å². The molecule has 45 heavy (non-hydrogen) atoms. The van der Waals surface area contributed by atoms with Crippen LogP contribution in [0.3, 0.4) is 0 Å². The first kappa shape index (κ1) is 33.1. The molecule has 238 valence electrons. The van der Waals surface area contributed by atoms with Crippen molar-refractivity contribution in [3.8, 4) is 5.75 Å². The molecule has 1 amide bonds. The Kier molecular flexibility index (Phi) is 13.8. The molecular weight excluding hydrogens is 572 g/mol. The van der Waals surface area contributed by atoms with Gasteiger partial charge in [-0.2, -0.15) is 15.0 Å². The number of ether oxygens (including phenoxy) is 3. The summed E-state index contributed by atoms with van der Waals surface area (Å²) in [7, 11) is 1.65. The largest absolute Gasteiger partial charge is 0.497 e. The molecule has 12 nitrogen and oxygen atoms in total. The van der Waals surface area contributed by atoms with Crippen LogP contribution < -0.4 is 31.7 Å². The van der Waals surface area contributed by atoms with Gasteiger partial charge in [0.25, 0.3) is 5.91 Å². The van der Waals surface area contributed by atoms with E-state index in [0.29, 0.717) is 82.6 Å². The summed E-state index contributed by atoms with van der Waals surface area (Å²) >= 11 is 0. The van der Waals surface area contributed by atoms with Gasteiger partial charge in [-0.05, 0) is 47.4 Å². The highest BCUT2D eigenvalue weighted by molar-refractivity contribution is 5.94. The first-order valence-electron chi connectivity index (χ1n) is 15.0. The number of carbonyl (C=O) groups is 1. The summed E-state index contributed by atoms with van der Waals surface area (Å²) in [6.45, 7) is 4.41. The molecule has 0 aliphatic rings. The van der Waals surface area contributed by atoms with E-state index in [0.717, 1.165) is 23.3 Å². The number of rotatable bonds is 20. The zero-order valence-electron chi connectivity index (χ0n) is 25.6. The maximum absolute atomic E-state index is 12.5. The fourth-order valence-electron chi connectivity index (χ4n) is 4.24. The molecule has 1 heterocycles. The van der Waals surface area contributed by atoms with Crippen LogP contribution in [0.5, 0.6) is 5.75 Å². The van der Waals surface area contributed by atoms with Gasteiger partial charge >= 0.3 is 0 Å². The predicted octanol–water partition coefficient (Wildman–Crippen LogP) is 3.48. The molecule has 0 radical (unpaired) electrons. The van der Waals surface area contributed by atoms with Crippen molar-refractivity contribution in [3.63, 3.8) is 0 Å². The van der Waals surface area contributed by atoms with Crippen LogP contribution >= 0.6 is 0 Å². The molecule has 12 heteroatoms. The summed E-state index contributed by atoms with van der Waals surface area (Å²) in [5, 5.41) is 12.8. The molecule has 3 aromatic carbocycles. The van der Waals surface area contributed by atoms with E-state index in [4.69, 9.17) is 19.9 Å². The Balaban J connectivity index is 1.31. The number of carbonyl (C=O) groups excluding carboxylic acids is 1. The third-order valence-electron chi connectivity index (χ3n) is 6.59. The van der Waals surface area contributed by atoms with Crippen LogP contribution in [0.25, 0.3) is 0 Å². The van der Waals surface area contributed by atoms with Gasteiger partial charge < -0.3 is 41.2 Å². The Bertz CT molecular complexity index is 1440. The van der Waals surface area contributed by atoms with Gasteiger partial charge in [0.15, 0.2) is 0 Å². The number of benzene rings is 3. The van der Waals surface area contributed by atoms with Gasteiger partial charge in [0.05, 0.1) is 33.5 Å². The van der Waals surface area contributed by atoms with E-state index in [9.17, 15) is 4.79 Å². The lowest BCUT2D eigenvalue weighted by Gasteiger charge is -2.12. The minimum atomic E-state index is -0.159. The van der Waals surface area contributed by atoms with Crippen molar-refractivity contribution in [1.82, 2.24) is 20.3 Å². The van der Waals surface area contributed by atoms with Gasteiger partial charge in [-0.25, -0.2) is 0 Å². The normalized spacial score (nSPS) is 10.7.